The minimum Gasteiger partial charge on any atom is -0.300 e. The molecule has 0 amide bonds. The Bertz CT molecular complexity index is 710. The van der Waals surface area contributed by atoms with Crippen LogP contribution in [0, 0.1) is 23.5 Å². The molecule has 0 heterocycles. The Labute approximate surface area is 201 Å². The van der Waals surface area contributed by atoms with Gasteiger partial charge in [-0.05, 0) is 80.2 Å². The molecule has 1 aromatic rings. The van der Waals surface area contributed by atoms with E-state index in [1.807, 2.05) is 12.1 Å². The van der Waals surface area contributed by atoms with Crippen molar-refractivity contribution in [1.29, 1.82) is 0 Å². The fraction of sp³-hybridized carbons (Fsp3) is 0.767. The zero-order chi connectivity index (χ0) is 23.5. The molecular weight excluding hydrogens is 414 g/mol. The second-order valence-electron chi connectivity index (χ2n) is 10.9. The minimum absolute atomic E-state index is 0.146. The van der Waals surface area contributed by atoms with Crippen LogP contribution in [0.4, 0.5) is 8.78 Å². The molecule has 2 saturated carbocycles. The molecule has 2 aliphatic rings. The molecule has 0 unspecified atom stereocenters. The van der Waals surface area contributed by atoms with Gasteiger partial charge in [-0.3, -0.25) is 4.79 Å². The number of benzene rings is 1. The van der Waals surface area contributed by atoms with E-state index in [1.165, 1.54) is 51.4 Å². The van der Waals surface area contributed by atoms with Crippen molar-refractivity contribution in [2.75, 3.05) is 0 Å². The second-order valence-corrected chi connectivity index (χ2v) is 10.9. The van der Waals surface area contributed by atoms with E-state index in [2.05, 4.69) is 6.92 Å². The molecule has 0 bridgehead atoms. The van der Waals surface area contributed by atoms with E-state index in [0.29, 0.717) is 35.2 Å². The molecular formula is C30H46F2O. The van der Waals surface area contributed by atoms with E-state index in [-0.39, 0.29) is 5.92 Å². The van der Waals surface area contributed by atoms with Crippen LogP contribution in [-0.4, -0.2) is 5.78 Å². The van der Waals surface area contributed by atoms with Crippen LogP contribution in [0.5, 0.6) is 0 Å². The predicted octanol–water partition coefficient (Wildman–Crippen LogP) is 9.46. The Morgan fingerprint density at radius 3 is 1.85 bits per heavy atom. The first-order chi connectivity index (χ1) is 16.1. The van der Waals surface area contributed by atoms with Gasteiger partial charge in [-0.2, -0.15) is 0 Å². The molecule has 0 saturated heterocycles. The van der Waals surface area contributed by atoms with Crippen LogP contribution in [0.1, 0.15) is 140 Å². The van der Waals surface area contributed by atoms with Crippen molar-refractivity contribution in [2.45, 2.75) is 135 Å². The van der Waals surface area contributed by atoms with Gasteiger partial charge in [0, 0.05) is 12.8 Å². The number of aryl methyl sites for hydroxylation is 1. The fourth-order valence-electron chi connectivity index (χ4n) is 6.25. The van der Waals surface area contributed by atoms with Gasteiger partial charge in [0.15, 0.2) is 11.6 Å². The molecule has 186 valence electrons. The molecule has 1 aromatic carbocycles. The molecule has 3 heteroatoms. The van der Waals surface area contributed by atoms with E-state index in [9.17, 15) is 13.6 Å². The summed E-state index contributed by atoms with van der Waals surface area (Å²) in [6.07, 6.45) is 20.8. The van der Waals surface area contributed by atoms with Crippen molar-refractivity contribution < 1.29 is 13.6 Å². The highest BCUT2D eigenvalue weighted by Gasteiger charge is 2.32. The predicted molar refractivity (Wildman–Crippen MR) is 134 cm³/mol. The van der Waals surface area contributed by atoms with Crippen LogP contribution >= 0.6 is 0 Å². The van der Waals surface area contributed by atoms with Crippen molar-refractivity contribution in [3.63, 3.8) is 0 Å². The maximum atomic E-state index is 14.9. The van der Waals surface area contributed by atoms with Crippen molar-refractivity contribution >= 4 is 5.78 Å². The first-order valence-corrected chi connectivity index (χ1v) is 14.1. The van der Waals surface area contributed by atoms with Crippen LogP contribution in [0.25, 0.3) is 0 Å². The summed E-state index contributed by atoms with van der Waals surface area (Å²) in [5, 5.41) is 0. The Morgan fingerprint density at radius 1 is 0.697 bits per heavy atom. The van der Waals surface area contributed by atoms with Gasteiger partial charge in [0.1, 0.15) is 5.78 Å². The molecule has 0 atom stereocenters. The van der Waals surface area contributed by atoms with Crippen LogP contribution in [0.3, 0.4) is 0 Å². The van der Waals surface area contributed by atoms with Crippen molar-refractivity contribution in [3.05, 3.63) is 34.9 Å². The molecule has 2 aliphatic carbocycles. The van der Waals surface area contributed by atoms with Crippen molar-refractivity contribution in [3.8, 4) is 0 Å². The zero-order valence-corrected chi connectivity index (χ0v) is 21.0. The Hall–Kier alpha value is -1.25. The monoisotopic (exact) mass is 460 g/mol. The topological polar surface area (TPSA) is 17.1 Å². The number of unbranched alkanes of at least 4 members (excludes halogenated alkanes) is 9. The lowest BCUT2D eigenvalue weighted by Crippen LogP contribution is -2.25. The highest BCUT2D eigenvalue weighted by molar-refractivity contribution is 5.79. The molecule has 3 rings (SSSR count). The van der Waals surface area contributed by atoms with E-state index in [1.54, 1.807) is 0 Å². The average Bonchev–Trinajstić information content (AvgIpc) is 2.83. The average molecular weight is 461 g/mol. The lowest BCUT2D eigenvalue weighted by Gasteiger charge is -2.35. The number of halogens is 2. The summed E-state index contributed by atoms with van der Waals surface area (Å²) in [6.45, 7) is 2.25. The molecule has 33 heavy (non-hydrogen) atoms. The van der Waals surface area contributed by atoms with Gasteiger partial charge in [-0.1, -0.05) is 76.8 Å². The largest absolute Gasteiger partial charge is 0.300 e. The van der Waals surface area contributed by atoms with Crippen molar-refractivity contribution in [1.82, 2.24) is 0 Å². The van der Waals surface area contributed by atoms with E-state index in [0.717, 1.165) is 64.2 Å². The Morgan fingerprint density at radius 2 is 1.24 bits per heavy atom. The maximum Gasteiger partial charge on any atom is 0.162 e. The number of carbonyl (C=O) groups excluding carboxylic acids is 1. The Kier molecular flexibility index (Phi) is 11.4. The first-order valence-electron chi connectivity index (χ1n) is 14.1. The number of hydrogen-bond donors (Lipinski definition) is 0. The SMILES string of the molecule is CCCCCCCCCCCCc1ccc(C2CCC(C3CCC(=O)CC3)CC2)c(F)c1F. The Balaban J connectivity index is 1.37. The highest BCUT2D eigenvalue weighted by Crippen LogP contribution is 2.43. The van der Waals surface area contributed by atoms with Gasteiger partial charge in [-0.15, -0.1) is 0 Å². The standard InChI is InChI=1S/C30H46F2O/c1-2-3-4-5-6-7-8-9-10-11-12-26-19-22-28(30(32)29(26)31)25-15-13-23(14-16-25)24-17-20-27(33)21-18-24/h19,22-25H,2-18,20-21H2,1H3. The van der Waals surface area contributed by atoms with Crippen LogP contribution in [-0.2, 0) is 11.2 Å². The fourth-order valence-corrected chi connectivity index (χ4v) is 6.25. The summed E-state index contributed by atoms with van der Waals surface area (Å²) < 4.78 is 29.7. The highest BCUT2D eigenvalue weighted by atomic mass is 19.2. The van der Waals surface area contributed by atoms with Crippen LogP contribution < -0.4 is 0 Å². The van der Waals surface area contributed by atoms with Crippen molar-refractivity contribution in [2.24, 2.45) is 11.8 Å². The number of carbonyl (C=O) groups is 1. The summed E-state index contributed by atoms with van der Waals surface area (Å²) in [5.74, 6) is 0.692. The van der Waals surface area contributed by atoms with E-state index >= 15 is 0 Å². The van der Waals surface area contributed by atoms with Crippen LogP contribution in [0.2, 0.25) is 0 Å². The normalized spacial score (nSPS) is 22.1. The smallest absolute Gasteiger partial charge is 0.162 e. The van der Waals surface area contributed by atoms with Gasteiger partial charge in [-0.25, -0.2) is 8.78 Å². The number of rotatable bonds is 13. The van der Waals surface area contributed by atoms with Gasteiger partial charge < -0.3 is 0 Å². The number of ketones is 1. The third-order valence-corrected chi connectivity index (χ3v) is 8.46. The number of hydrogen-bond acceptors (Lipinski definition) is 1. The van der Waals surface area contributed by atoms with E-state index < -0.39 is 11.6 Å². The third-order valence-electron chi connectivity index (χ3n) is 8.46. The van der Waals surface area contributed by atoms with Crippen LogP contribution in [0.15, 0.2) is 12.1 Å². The molecule has 0 radical (unpaired) electrons. The molecule has 0 aliphatic heterocycles. The van der Waals surface area contributed by atoms with Gasteiger partial charge in [0.25, 0.3) is 0 Å². The molecule has 0 aromatic heterocycles. The van der Waals surface area contributed by atoms with Gasteiger partial charge >= 0.3 is 0 Å². The summed E-state index contributed by atoms with van der Waals surface area (Å²) in [5.41, 5.74) is 1.15. The molecule has 1 nitrogen and oxygen atoms in total. The summed E-state index contributed by atoms with van der Waals surface area (Å²) in [7, 11) is 0. The zero-order valence-electron chi connectivity index (χ0n) is 21.0. The second kappa shape index (κ2) is 14.2. The summed E-state index contributed by atoms with van der Waals surface area (Å²) in [4.78, 5) is 11.5. The number of Topliss-reactive ketones (excluding diaryl/α,β-unsaturated/α-hetero) is 1. The molecule has 2 fully saturated rings. The maximum absolute atomic E-state index is 14.9. The first kappa shape index (κ1) is 26.4. The minimum atomic E-state index is -0.601. The lowest BCUT2D eigenvalue weighted by molar-refractivity contribution is -0.121. The van der Waals surface area contributed by atoms with E-state index in [4.69, 9.17) is 0 Å². The molecule has 0 spiro atoms. The third kappa shape index (κ3) is 8.18. The summed E-state index contributed by atoms with van der Waals surface area (Å²) >= 11 is 0. The quantitative estimate of drug-likeness (QED) is 0.268. The lowest BCUT2D eigenvalue weighted by atomic mass is 9.69. The van der Waals surface area contributed by atoms with Gasteiger partial charge in [0.2, 0.25) is 0 Å². The summed E-state index contributed by atoms with van der Waals surface area (Å²) in [6, 6.07) is 3.72. The molecule has 0 N–H and O–H groups in total. The van der Waals surface area contributed by atoms with Gasteiger partial charge in [0.05, 0.1) is 0 Å².